The van der Waals surface area contributed by atoms with E-state index >= 15 is 0 Å². The number of carboxylic acid groups (broad SMARTS) is 1. The van der Waals surface area contributed by atoms with Crippen molar-refractivity contribution in [1.82, 2.24) is 0 Å². The van der Waals surface area contributed by atoms with E-state index in [0.717, 1.165) is 22.4 Å². The van der Waals surface area contributed by atoms with E-state index < -0.39 is 5.97 Å². The van der Waals surface area contributed by atoms with Gasteiger partial charge in [0.1, 0.15) is 0 Å². The molecule has 0 heterocycles. The minimum Gasteiger partial charge on any atom is -0.550 e. The maximum Gasteiger partial charge on any atom is 0.0755 e. The zero-order valence-corrected chi connectivity index (χ0v) is 14.3. The Labute approximate surface area is 127 Å². The first kappa shape index (κ1) is 19.6. The topological polar surface area (TPSA) is 56.7 Å². The van der Waals surface area contributed by atoms with Crippen molar-refractivity contribution in [2.75, 3.05) is 13.1 Å². The second-order valence-electron chi connectivity index (χ2n) is 5.63. The molecule has 0 amide bonds. The predicted octanol–water partition coefficient (Wildman–Crippen LogP) is 1.76. The molecule has 0 unspecified atom stereocenters. The molecule has 0 saturated heterocycles. The van der Waals surface area contributed by atoms with Gasteiger partial charge in [0.25, 0.3) is 0 Å². The molecular weight excluding hydrogens is 266 g/mol. The number of aliphatic carboxylic acids is 1. The molecule has 0 aliphatic rings. The molecule has 0 aromatic heterocycles. The molecule has 4 heteroatoms. The third kappa shape index (κ3) is 17.6. The first-order chi connectivity index (χ1) is 9.77. The van der Waals surface area contributed by atoms with Gasteiger partial charge in [0, 0.05) is 15.5 Å². The van der Waals surface area contributed by atoms with Crippen molar-refractivity contribution in [2.24, 2.45) is 0 Å². The van der Waals surface area contributed by atoms with Gasteiger partial charge < -0.3 is 15.2 Å². The molecule has 0 aromatic carbocycles. The van der Waals surface area contributed by atoms with Crippen LogP contribution < -0.4 is 10.4 Å². The largest absolute Gasteiger partial charge is 0.550 e. The van der Waals surface area contributed by atoms with E-state index in [2.05, 4.69) is 11.9 Å². The van der Waals surface area contributed by atoms with E-state index in [1.54, 1.807) is 0 Å². The molecule has 0 rings (SSSR count). The van der Waals surface area contributed by atoms with E-state index in [9.17, 15) is 9.90 Å². The molecule has 0 aromatic rings. The average Bonchev–Trinajstić information content (AvgIpc) is 2.43. The Bertz CT molecular complexity index is 213. The van der Waals surface area contributed by atoms with Crippen molar-refractivity contribution < 1.29 is 15.2 Å². The highest BCUT2D eigenvalue weighted by molar-refractivity contribution is 6.33. The highest BCUT2D eigenvalue weighted by Crippen LogP contribution is 2.10. The molecule has 0 aliphatic carbocycles. The van der Waals surface area contributed by atoms with Crippen molar-refractivity contribution in [3.63, 3.8) is 0 Å². The van der Waals surface area contributed by atoms with Crippen LogP contribution in [0.1, 0.15) is 70.6 Å². The van der Waals surface area contributed by atoms with E-state index in [1.807, 2.05) is 0 Å². The Morgan fingerprint density at radius 1 is 0.850 bits per heavy atom. The minimum atomic E-state index is -0.906. The number of nitrogens with two attached hydrogens (primary N) is 1. The molecule has 3 nitrogen and oxygen atoms in total. The van der Waals surface area contributed by atoms with Gasteiger partial charge >= 0.3 is 0 Å². The summed E-state index contributed by atoms with van der Waals surface area (Å²) in [4.78, 5) is 10.2. The lowest BCUT2D eigenvalue weighted by molar-refractivity contribution is -0.655. The van der Waals surface area contributed by atoms with Crippen LogP contribution in [-0.2, 0) is 4.79 Å². The number of hydrogen-bond donors (Lipinski definition) is 1. The van der Waals surface area contributed by atoms with Gasteiger partial charge in [-0.15, -0.1) is 0 Å². The quantitative estimate of drug-likeness (QED) is 0.349. The summed E-state index contributed by atoms with van der Waals surface area (Å²) < 4.78 is 0. The fourth-order valence-corrected chi connectivity index (χ4v) is 2.92. The van der Waals surface area contributed by atoms with Crippen LogP contribution in [0.25, 0.3) is 0 Å². The summed E-state index contributed by atoms with van der Waals surface area (Å²) in [7, 11) is 1.12. The number of rotatable bonds is 16. The molecule has 0 fully saturated rings. The summed E-state index contributed by atoms with van der Waals surface area (Å²) in [5, 5.41) is 12.7. The second kappa shape index (κ2) is 16.7. The van der Waals surface area contributed by atoms with Crippen molar-refractivity contribution in [3.05, 3.63) is 0 Å². The van der Waals surface area contributed by atoms with Gasteiger partial charge in [0.2, 0.25) is 0 Å². The van der Waals surface area contributed by atoms with Gasteiger partial charge in [0.15, 0.2) is 0 Å². The Kier molecular flexibility index (Phi) is 16.4. The monoisotopic (exact) mass is 299 g/mol. The normalized spacial score (nSPS) is 10.8. The third-order valence-corrected chi connectivity index (χ3v) is 4.48. The number of unbranched alkanes of at least 4 members (excludes halogenated alkanes) is 8. The van der Waals surface area contributed by atoms with Crippen LogP contribution in [0.3, 0.4) is 0 Å². The lowest BCUT2D eigenvalue weighted by Crippen LogP contribution is -2.84. The van der Waals surface area contributed by atoms with Crippen LogP contribution in [0.5, 0.6) is 0 Å². The maximum atomic E-state index is 10.2. The smallest absolute Gasteiger partial charge is 0.0755 e. The summed E-state index contributed by atoms with van der Waals surface area (Å²) in [6.45, 7) is 4.89. The lowest BCUT2D eigenvalue weighted by atomic mass is 10.1. The van der Waals surface area contributed by atoms with Gasteiger partial charge in [-0.25, -0.2) is 0 Å². The molecule has 0 saturated carbocycles. The Hall–Kier alpha value is -0.353. The Morgan fingerprint density at radius 3 is 1.90 bits per heavy atom. The minimum absolute atomic E-state index is 0.231. The number of carbonyl (C=O) groups excluding carboxylic acids is 1. The van der Waals surface area contributed by atoms with Crippen molar-refractivity contribution >= 4 is 15.5 Å². The number of quaternary nitrogens is 1. The first-order valence-electron chi connectivity index (χ1n) is 8.43. The molecular formula is C16H33NO2Si. The molecule has 118 valence electrons. The number of carbonyl (C=O) groups is 1. The Morgan fingerprint density at radius 2 is 1.35 bits per heavy atom. The highest BCUT2D eigenvalue weighted by Gasteiger charge is 1.95. The van der Waals surface area contributed by atoms with Crippen molar-refractivity contribution in [3.8, 4) is 0 Å². The zero-order chi connectivity index (χ0) is 14.9. The van der Waals surface area contributed by atoms with Gasteiger partial charge in [-0.2, -0.15) is 0 Å². The molecule has 20 heavy (non-hydrogen) atoms. The molecule has 0 spiro atoms. The molecule has 2 N–H and O–H groups in total. The number of hydrogen-bond acceptors (Lipinski definition) is 2. The van der Waals surface area contributed by atoms with Crippen LogP contribution in [-0.4, -0.2) is 28.6 Å². The van der Waals surface area contributed by atoms with Crippen LogP contribution in [0.15, 0.2) is 0 Å². The zero-order valence-electron chi connectivity index (χ0n) is 13.3. The molecule has 2 radical (unpaired) electrons. The maximum absolute atomic E-state index is 10.2. The SMILES string of the molecule is C[Si]CCC[NH2+]CCCCCCCCCCCC(=O)[O-]. The number of carboxylic acids is 1. The van der Waals surface area contributed by atoms with E-state index in [-0.39, 0.29) is 6.42 Å². The summed E-state index contributed by atoms with van der Waals surface area (Å²) in [5.41, 5.74) is 0. The predicted molar refractivity (Wildman–Crippen MR) is 83.9 cm³/mol. The molecule has 0 bridgehead atoms. The standard InChI is InChI=1S/C16H33NO2Si/c1-20-15-11-14-17-13-10-8-6-4-2-3-5-7-9-12-16(18)19/h17H,2-15H2,1H3,(H,18,19). The van der Waals surface area contributed by atoms with Crippen LogP contribution in [0, 0.1) is 0 Å². The molecule has 0 atom stereocenters. The fraction of sp³-hybridized carbons (Fsp3) is 0.938. The van der Waals surface area contributed by atoms with E-state index in [4.69, 9.17) is 0 Å². The summed E-state index contributed by atoms with van der Waals surface area (Å²) in [6, 6.07) is 1.40. The highest BCUT2D eigenvalue weighted by atomic mass is 28.2. The fourth-order valence-electron chi connectivity index (χ4n) is 2.36. The van der Waals surface area contributed by atoms with E-state index in [0.29, 0.717) is 0 Å². The van der Waals surface area contributed by atoms with Crippen molar-refractivity contribution in [1.29, 1.82) is 0 Å². The second-order valence-corrected chi connectivity index (χ2v) is 6.83. The van der Waals surface area contributed by atoms with Gasteiger partial charge in [-0.1, -0.05) is 51.1 Å². The van der Waals surface area contributed by atoms with Gasteiger partial charge in [-0.05, 0) is 32.1 Å². The lowest BCUT2D eigenvalue weighted by Gasteiger charge is -2.03. The molecule has 0 aliphatic heterocycles. The summed E-state index contributed by atoms with van der Waals surface area (Å²) in [6.07, 6.45) is 12.6. The third-order valence-electron chi connectivity index (χ3n) is 3.62. The first-order valence-corrected chi connectivity index (χ1v) is 10.1. The van der Waals surface area contributed by atoms with Crippen LogP contribution >= 0.6 is 0 Å². The summed E-state index contributed by atoms with van der Waals surface area (Å²) in [5.74, 6) is -0.906. The Balaban J connectivity index is 2.94. The average molecular weight is 300 g/mol. The van der Waals surface area contributed by atoms with Gasteiger partial charge in [-0.3, -0.25) is 0 Å². The van der Waals surface area contributed by atoms with Gasteiger partial charge in [0.05, 0.1) is 13.1 Å². The van der Waals surface area contributed by atoms with Crippen LogP contribution in [0.2, 0.25) is 12.6 Å². The van der Waals surface area contributed by atoms with E-state index in [1.165, 1.54) is 70.5 Å². The van der Waals surface area contributed by atoms with Crippen LogP contribution in [0.4, 0.5) is 0 Å². The summed E-state index contributed by atoms with van der Waals surface area (Å²) >= 11 is 0. The van der Waals surface area contributed by atoms with Crippen molar-refractivity contribution in [2.45, 2.75) is 83.2 Å².